The molecule has 0 aliphatic rings. The molecular formula is C12H16O3S. The third-order valence-corrected chi connectivity index (χ3v) is 3.16. The number of carbonyl (C=O) groups excluding carboxylic acids is 1. The Balaban J connectivity index is 2.72. The first-order valence-corrected chi connectivity index (χ1v) is 5.92. The molecule has 1 rings (SSSR count). The Morgan fingerprint density at radius 2 is 1.94 bits per heavy atom. The molecule has 4 heteroatoms. The molecule has 16 heavy (non-hydrogen) atoms. The van der Waals surface area contributed by atoms with E-state index in [0.717, 1.165) is 4.90 Å². The van der Waals surface area contributed by atoms with E-state index in [1.165, 1.54) is 11.8 Å². The van der Waals surface area contributed by atoms with Crippen LogP contribution in [0.25, 0.3) is 0 Å². The molecule has 0 amide bonds. The first-order valence-electron chi connectivity index (χ1n) is 5.11. The lowest BCUT2D eigenvalue weighted by Crippen LogP contribution is -2.29. The van der Waals surface area contributed by atoms with Gasteiger partial charge in [0.05, 0.1) is 6.61 Å². The molecule has 1 aromatic rings. The van der Waals surface area contributed by atoms with E-state index in [1.807, 2.05) is 13.8 Å². The normalized spacial score (nSPS) is 11.2. The number of benzene rings is 1. The Morgan fingerprint density at radius 1 is 1.38 bits per heavy atom. The largest absolute Gasteiger partial charge is 0.508 e. The fourth-order valence-electron chi connectivity index (χ4n) is 1.16. The minimum Gasteiger partial charge on any atom is -0.508 e. The molecule has 0 aliphatic heterocycles. The number of phenols is 1. The molecule has 0 bridgehead atoms. The minimum absolute atomic E-state index is 0.221. The van der Waals surface area contributed by atoms with E-state index in [9.17, 15) is 4.79 Å². The molecule has 0 aromatic heterocycles. The van der Waals surface area contributed by atoms with Crippen molar-refractivity contribution >= 4 is 17.7 Å². The summed E-state index contributed by atoms with van der Waals surface area (Å²) in [4.78, 5) is 12.6. The van der Waals surface area contributed by atoms with Gasteiger partial charge in [-0.1, -0.05) is 0 Å². The van der Waals surface area contributed by atoms with Gasteiger partial charge in [0, 0.05) is 4.90 Å². The highest BCUT2D eigenvalue weighted by molar-refractivity contribution is 8.01. The smallest absolute Gasteiger partial charge is 0.321 e. The molecule has 0 unspecified atom stereocenters. The van der Waals surface area contributed by atoms with Crippen LogP contribution in [-0.2, 0) is 9.53 Å². The Bertz CT molecular complexity index is 357. The highest BCUT2D eigenvalue weighted by Crippen LogP contribution is 2.34. The zero-order valence-corrected chi connectivity index (χ0v) is 10.5. The highest BCUT2D eigenvalue weighted by atomic mass is 32.2. The van der Waals surface area contributed by atoms with Gasteiger partial charge in [0.2, 0.25) is 0 Å². The first-order chi connectivity index (χ1) is 7.45. The van der Waals surface area contributed by atoms with Gasteiger partial charge in [-0.3, -0.25) is 4.79 Å². The number of hydrogen-bond acceptors (Lipinski definition) is 4. The van der Waals surface area contributed by atoms with Gasteiger partial charge in [0.1, 0.15) is 10.5 Å². The van der Waals surface area contributed by atoms with Crippen molar-refractivity contribution in [1.29, 1.82) is 0 Å². The Labute approximate surface area is 99.8 Å². The molecule has 0 saturated heterocycles. The van der Waals surface area contributed by atoms with Crippen molar-refractivity contribution < 1.29 is 14.6 Å². The van der Waals surface area contributed by atoms with Gasteiger partial charge in [-0.05, 0) is 45.0 Å². The Hall–Kier alpha value is -1.16. The van der Waals surface area contributed by atoms with E-state index in [2.05, 4.69) is 0 Å². The summed E-state index contributed by atoms with van der Waals surface area (Å²) < 4.78 is 4.38. The maximum absolute atomic E-state index is 11.6. The van der Waals surface area contributed by atoms with E-state index in [1.54, 1.807) is 31.2 Å². The molecule has 3 nitrogen and oxygen atoms in total. The van der Waals surface area contributed by atoms with Crippen LogP contribution in [0.4, 0.5) is 0 Å². The monoisotopic (exact) mass is 240 g/mol. The molecule has 0 radical (unpaired) electrons. The standard InChI is InChI=1S/C12H16O3S/c1-4-15-11(14)12(2,3)16-10-7-5-9(13)6-8-10/h5-8,13H,4H2,1-3H3. The number of esters is 1. The van der Waals surface area contributed by atoms with Crippen LogP contribution in [0.5, 0.6) is 5.75 Å². The van der Waals surface area contributed by atoms with Crippen LogP contribution in [0.2, 0.25) is 0 Å². The minimum atomic E-state index is -0.618. The molecule has 0 heterocycles. The molecule has 0 saturated carbocycles. The van der Waals surface area contributed by atoms with Crippen LogP contribution in [-0.4, -0.2) is 22.4 Å². The highest BCUT2D eigenvalue weighted by Gasteiger charge is 2.30. The Kier molecular flexibility index (Phi) is 4.24. The average Bonchev–Trinajstić information content (AvgIpc) is 2.21. The van der Waals surface area contributed by atoms with Gasteiger partial charge in [0.25, 0.3) is 0 Å². The molecule has 0 atom stereocenters. The van der Waals surface area contributed by atoms with Gasteiger partial charge >= 0.3 is 5.97 Å². The fourth-order valence-corrected chi connectivity index (χ4v) is 2.16. The average molecular weight is 240 g/mol. The number of ether oxygens (including phenoxy) is 1. The zero-order chi connectivity index (χ0) is 12.2. The van der Waals surface area contributed by atoms with Gasteiger partial charge in [-0.25, -0.2) is 0 Å². The molecule has 0 fully saturated rings. The van der Waals surface area contributed by atoms with Crippen LogP contribution in [0.1, 0.15) is 20.8 Å². The number of rotatable bonds is 4. The third-order valence-electron chi connectivity index (χ3n) is 1.98. The van der Waals surface area contributed by atoms with Crippen LogP contribution in [0.15, 0.2) is 29.2 Å². The number of hydrogen-bond donors (Lipinski definition) is 1. The van der Waals surface area contributed by atoms with E-state index in [0.29, 0.717) is 6.61 Å². The molecule has 88 valence electrons. The second-order valence-corrected chi connectivity index (χ2v) is 5.52. The van der Waals surface area contributed by atoms with Crippen LogP contribution < -0.4 is 0 Å². The summed E-state index contributed by atoms with van der Waals surface area (Å²) in [5.74, 6) is -0.00799. The van der Waals surface area contributed by atoms with Crippen molar-refractivity contribution in [1.82, 2.24) is 0 Å². The topological polar surface area (TPSA) is 46.5 Å². The van der Waals surface area contributed by atoms with Crippen LogP contribution in [0, 0.1) is 0 Å². The van der Waals surface area contributed by atoms with Crippen molar-refractivity contribution in [3.8, 4) is 5.75 Å². The SMILES string of the molecule is CCOC(=O)C(C)(C)Sc1ccc(O)cc1. The maximum Gasteiger partial charge on any atom is 0.321 e. The lowest BCUT2D eigenvalue weighted by Gasteiger charge is -2.21. The second-order valence-electron chi connectivity index (χ2n) is 3.83. The summed E-state index contributed by atoms with van der Waals surface area (Å²) in [5.41, 5.74) is 0. The molecule has 1 N–H and O–H groups in total. The predicted molar refractivity (Wildman–Crippen MR) is 64.7 cm³/mol. The van der Waals surface area contributed by atoms with E-state index >= 15 is 0 Å². The Morgan fingerprint density at radius 3 is 2.44 bits per heavy atom. The zero-order valence-electron chi connectivity index (χ0n) is 9.69. The number of thioether (sulfide) groups is 1. The van der Waals surface area contributed by atoms with Gasteiger partial charge in [0.15, 0.2) is 0 Å². The fraction of sp³-hybridized carbons (Fsp3) is 0.417. The van der Waals surface area contributed by atoms with E-state index in [4.69, 9.17) is 9.84 Å². The number of carbonyl (C=O) groups is 1. The van der Waals surface area contributed by atoms with E-state index < -0.39 is 4.75 Å². The van der Waals surface area contributed by atoms with Crippen molar-refractivity contribution in [2.45, 2.75) is 30.4 Å². The van der Waals surface area contributed by atoms with E-state index in [-0.39, 0.29) is 11.7 Å². The van der Waals surface area contributed by atoms with Gasteiger partial charge < -0.3 is 9.84 Å². The second kappa shape index (κ2) is 5.25. The third kappa shape index (κ3) is 3.45. The summed E-state index contributed by atoms with van der Waals surface area (Å²) in [6.07, 6.45) is 0. The first kappa shape index (κ1) is 12.9. The molecule has 0 aliphatic carbocycles. The number of aromatic hydroxyl groups is 1. The van der Waals surface area contributed by atoms with Crippen LogP contribution in [0.3, 0.4) is 0 Å². The molecule has 0 spiro atoms. The van der Waals surface area contributed by atoms with Crippen molar-refractivity contribution in [3.05, 3.63) is 24.3 Å². The quantitative estimate of drug-likeness (QED) is 0.649. The van der Waals surface area contributed by atoms with Crippen molar-refractivity contribution in [2.24, 2.45) is 0 Å². The molecule has 1 aromatic carbocycles. The predicted octanol–water partition coefficient (Wildman–Crippen LogP) is 2.83. The summed E-state index contributed by atoms with van der Waals surface area (Å²) in [7, 11) is 0. The summed E-state index contributed by atoms with van der Waals surface area (Å²) >= 11 is 1.42. The maximum atomic E-state index is 11.6. The summed E-state index contributed by atoms with van der Waals surface area (Å²) in [5, 5.41) is 9.15. The van der Waals surface area contributed by atoms with Crippen molar-refractivity contribution in [2.75, 3.05) is 6.61 Å². The summed E-state index contributed by atoms with van der Waals surface area (Å²) in [6.45, 7) is 5.82. The van der Waals surface area contributed by atoms with Gasteiger partial charge in [-0.15, -0.1) is 11.8 Å². The lowest BCUT2D eigenvalue weighted by atomic mass is 10.2. The molecular weight excluding hydrogens is 224 g/mol. The van der Waals surface area contributed by atoms with Crippen molar-refractivity contribution in [3.63, 3.8) is 0 Å². The van der Waals surface area contributed by atoms with Crippen LogP contribution >= 0.6 is 11.8 Å². The van der Waals surface area contributed by atoms with Gasteiger partial charge in [-0.2, -0.15) is 0 Å². The number of phenolic OH excluding ortho intramolecular Hbond substituents is 1. The summed E-state index contributed by atoms with van der Waals surface area (Å²) in [6, 6.07) is 6.76. The lowest BCUT2D eigenvalue weighted by molar-refractivity contribution is -0.145.